The molecule has 1 aromatic rings. The number of nitrogens with one attached hydrogen (secondary N) is 1. The Morgan fingerprint density at radius 3 is 2.50 bits per heavy atom. The molecule has 16 heavy (non-hydrogen) atoms. The highest BCUT2D eigenvalue weighted by Gasteiger charge is 2.24. The van der Waals surface area contributed by atoms with Crippen LogP contribution in [0.15, 0.2) is 18.6 Å². The van der Waals surface area contributed by atoms with Gasteiger partial charge in [0, 0.05) is 12.4 Å². The maximum Gasteiger partial charge on any atom is 0.326 e. The number of aliphatic carboxylic acids is 1. The Morgan fingerprint density at radius 2 is 2.06 bits per heavy atom. The highest BCUT2D eigenvalue weighted by molar-refractivity contribution is 5.94. The average Bonchev–Trinajstić information content (AvgIpc) is 2.25. The van der Waals surface area contributed by atoms with Crippen molar-refractivity contribution in [3.63, 3.8) is 0 Å². The maximum atomic E-state index is 11.6. The van der Waals surface area contributed by atoms with Crippen LogP contribution in [-0.2, 0) is 4.79 Å². The molecule has 6 heteroatoms. The van der Waals surface area contributed by atoms with Crippen LogP contribution in [0.4, 0.5) is 0 Å². The third-order valence-corrected chi connectivity index (χ3v) is 2.02. The number of carboxylic acids is 1. The molecule has 0 unspecified atom stereocenters. The zero-order valence-electron chi connectivity index (χ0n) is 9.04. The second-order valence-electron chi connectivity index (χ2n) is 3.62. The van der Waals surface area contributed by atoms with Gasteiger partial charge in [0.25, 0.3) is 5.91 Å². The molecule has 1 atom stereocenters. The standard InChI is InChI=1S/C10H13N3O3/c1-6(2)8(10(15)16)13-9(14)7-5-11-3-4-12-7/h3-6,8H,1-2H3,(H,13,14)(H,15,16)/t8-/m0/s1. The first kappa shape index (κ1) is 12.1. The third-order valence-electron chi connectivity index (χ3n) is 2.02. The summed E-state index contributed by atoms with van der Waals surface area (Å²) in [5.41, 5.74) is 0.106. The second kappa shape index (κ2) is 5.20. The first-order valence-corrected chi connectivity index (χ1v) is 4.82. The highest BCUT2D eigenvalue weighted by atomic mass is 16.4. The number of carbonyl (C=O) groups is 2. The highest BCUT2D eigenvalue weighted by Crippen LogP contribution is 2.03. The van der Waals surface area contributed by atoms with E-state index in [1.54, 1.807) is 13.8 Å². The van der Waals surface area contributed by atoms with Crippen LogP contribution in [0.1, 0.15) is 24.3 Å². The van der Waals surface area contributed by atoms with Gasteiger partial charge in [0.05, 0.1) is 6.20 Å². The van der Waals surface area contributed by atoms with Crippen LogP contribution in [0, 0.1) is 5.92 Å². The van der Waals surface area contributed by atoms with Crippen LogP contribution in [0.5, 0.6) is 0 Å². The number of rotatable bonds is 4. The van der Waals surface area contributed by atoms with Crippen molar-refractivity contribution in [3.05, 3.63) is 24.3 Å². The lowest BCUT2D eigenvalue weighted by Crippen LogP contribution is -2.44. The first-order chi connectivity index (χ1) is 7.52. The van der Waals surface area contributed by atoms with Gasteiger partial charge in [-0.1, -0.05) is 13.8 Å². The summed E-state index contributed by atoms with van der Waals surface area (Å²) in [7, 11) is 0. The van der Waals surface area contributed by atoms with E-state index < -0.39 is 17.9 Å². The predicted molar refractivity (Wildman–Crippen MR) is 55.8 cm³/mol. The molecular weight excluding hydrogens is 210 g/mol. The molecule has 0 bridgehead atoms. The normalized spacial score (nSPS) is 12.2. The minimum Gasteiger partial charge on any atom is -0.480 e. The van der Waals surface area contributed by atoms with E-state index in [0.717, 1.165) is 0 Å². The van der Waals surface area contributed by atoms with Gasteiger partial charge in [0.2, 0.25) is 0 Å². The van der Waals surface area contributed by atoms with Crippen molar-refractivity contribution in [2.24, 2.45) is 5.92 Å². The summed E-state index contributed by atoms with van der Waals surface area (Å²) in [5.74, 6) is -1.79. The Bertz CT molecular complexity index is 378. The topological polar surface area (TPSA) is 92.2 Å². The molecule has 0 aliphatic carbocycles. The lowest BCUT2D eigenvalue weighted by atomic mass is 10.0. The lowest BCUT2D eigenvalue weighted by Gasteiger charge is -2.17. The molecule has 0 spiro atoms. The van der Waals surface area contributed by atoms with Crippen molar-refractivity contribution in [1.82, 2.24) is 15.3 Å². The Morgan fingerprint density at radius 1 is 1.38 bits per heavy atom. The van der Waals surface area contributed by atoms with Crippen molar-refractivity contribution in [2.45, 2.75) is 19.9 Å². The summed E-state index contributed by atoms with van der Waals surface area (Å²) in [6.45, 7) is 3.44. The number of hydrogen-bond acceptors (Lipinski definition) is 4. The fraction of sp³-hybridized carbons (Fsp3) is 0.400. The van der Waals surface area contributed by atoms with E-state index in [0.29, 0.717) is 0 Å². The third kappa shape index (κ3) is 3.01. The number of amides is 1. The van der Waals surface area contributed by atoms with E-state index >= 15 is 0 Å². The van der Waals surface area contributed by atoms with Gasteiger partial charge in [-0.05, 0) is 5.92 Å². The van der Waals surface area contributed by atoms with Gasteiger partial charge in [-0.15, -0.1) is 0 Å². The number of nitrogens with zero attached hydrogens (tertiary/aromatic N) is 2. The van der Waals surface area contributed by atoms with Gasteiger partial charge in [0.1, 0.15) is 11.7 Å². The van der Waals surface area contributed by atoms with Crippen molar-refractivity contribution in [2.75, 3.05) is 0 Å². The fourth-order valence-electron chi connectivity index (χ4n) is 1.15. The molecule has 0 radical (unpaired) electrons. The van der Waals surface area contributed by atoms with Crippen LogP contribution < -0.4 is 5.32 Å². The maximum absolute atomic E-state index is 11.6. The summed E-state index contributed by atoms with van der Waals surface area (Å²) < 4.78 is 0. The van der Waals surface area contributed by atoms with Crippen LogP contribution >= 0.6 is 0 Å². The minimum atomic E-state index is -1.06. The average molecular weight is 223 g/mol. The Labute approximate surface area is 92.7 Å². The van der Waals surface area contributed by atoms with E-state index in [1.165, 1.54) is 18.6 Å². The summed E-state index contributed by atoms with van der Waals surface area (Å²) in [6.07, 6.45) is 4.10. The Hall–Kier alpha value is -1.98. The van der Waals surface area contributed by atoms with Crippen molar-refractivity contribution in [1.29, 1.82) is 0 Å². The Kier molecular flexibility index (Phi) is 3.93. The number of hydrogen-bond donors (Lipinski definition) is 2. The summed E-state index contributed by atoms with van der Waals surface area (Å²) in [5, 5.41) is 11.3. The molecule has 0 aliphatic heterocycles. The number of carbonyl (C=O) groups excluding carboxylic acids is 1. The molecular formula is C10H13N3O3. The molecule has 1 aromatic heterocycles. The molecule has 1 heterocycles. The van der Waals surface area contributed by atoms with Gasteiger partial charge in [-0.25, -0.2) is 9.78 Å². The van der Waals surface area contributed by atoms with Gasteiger partial charge in [0.15, 0.2) is 0 Å². The van der Waals surface area contributed by atoms with E-state index in [9.17, 15) is 9.59 Å². The number of carboxylic acid groups (broad SMARTS) is 1. The quantitative estimate of drug-likeness (QED) is 0.766. The minimum absolute atomic E-state index is 0.106. The first-order valence-electron chi connectivity index (χ1n) is 4.82. The largest absolute Gasteiger partial charge is 0.480 e. The van der Waals surface area contributed by atoms with Gasteiger partial charge < -0.3 is 10.4 Å². The number of aromatic nitrogens is 2. The molecule has 1 rings (SSSR count). The van der Waals surface area contributed by atoms with E-state index in [1.807, 2.05) is 0 Å². The SMILES string of the molecule is CC(C)[C@H](NC(=O)c1cnccn1)C(=O)O. The smallest absolute Gasteiger partial charge is 0.326 e. The van der Waals surface area contributed by atoms with Gasteiger partial charge in [-0.3, -0.25) is 9.78 Å². The van der Waals surface area contributed by atoms with E-state index in [2.05, 4.69) is 15.3 Å². The summed E-state index contributed by atoms with van der Waals surface area (Å²) in [4.78, 5) is 30.0. The second-order valence-corrected chi connectivity index (χ2v) is 3.62. The van der Waals surface area contributed by atoms with E-state index in [-0.39, 0.29) is 11.6 Å². The summed E-state index contributed by atoms with van der Waals surface area (Å²) >= 11 is 0. The molecule has 0 aliphatic rings. The van der Waals surface area contributed by atoms with Crippen molar-refractivity contribution in [3.8, 4) is 0 Å². The lowest BCUT2D eigenvalue weighted by molar-refractivity contribution is -0.140. The molecule has 6 nitrogen and oxygen atoms in total. The summed E-state index contributed by atoms with van der Waals surface area (Å²) in [6, 6.07) is -0.922. The van der Waals surface area contributed by atoms with Crippen LogP contribution in [0.2, 0.25) is 0 Å². The van der Waals surface area contributed by atoms with Crippen LogP contribution in [-0.4, -0.2) is 33.0 Å². The van der Waals surface area contributed by atoms with Crippen molar-refractivity contribution < 1.29 is 14.7 Å². The monoisotopic (exact) mass is 223 g/mol. The molecule has 1 amide bonds. The zero-order chi connectivity index (χ0) is 12.1. The molecule has 0 saturated carbocycles. The van der Waals surface area contributed by atoms with Crippen molar-refractivity contribution >= 4 is 11.9 Å². The Balaban J connectivity index is 2.74. The van der Waals surface area contributed by atoms with Crippen LogP contribution in [0.3, 0.4) is 0 Å². The molecule has 0 fully saturated rings. The predicted octanol–water partition coefficient (Wildman–Crippen LogP) is 0.316. The molecule has 2 N–H and O–H groups in total. The van der Waals surface area contributed by atoms with Gasteiger partial charge >= 0.3 is 5.97 Å². The van der Waals surface area contributed by atoms with E-state index in [4.69, 9.17) is 5.11 Å². The van der Waals surface area contributed by atoms with Crippen LogP contribution in [0.25, 0.3) is 0 Å². The molecule has 0 saturated heterocycles. The van der Waals surface area contributed by atoms with Gasteiger partial charge in [-0.2, -0.15) is 0 Å². The molecule has 0 aromatic carbocycles. The molecule has 86 valence electrons. The fourth-order valence-corrected chi connectivity index (χ4v) is 1.15. The zero-order valence-corrected chi connectivity index (χ0v) is 9.04.